The van der Waals surface area contributed by atoms with E-state index in [-0.39, 0.29) is 11.9 Å². The van der Waals surface area contributed by atoms with Crippen LogP contribution in [-0.4, -0.2) is 35.0 Å². The lowest BCUT2D eigenvalue weighted by molar-refractivity contribution is -0.119. The molecule has 1 saturated heterocycles. The standard InChI is InChI=1S/C13H18N2O2/c1-10(16)14-12-6-7-15(9-12)8-11-4-2-3-5-13(11)17/h2-5,12,17H,6-9H2,1H3,(H,14,16). The largest absolute Gasteiger partial charge is 0.508 e. The van der Waals surface area contributed by atoms with Gasteiger partial charge in [0.2, 0.25) is 5.91 Å². The number of nitrogens with one attached hydrogen (secondary N) is 1. The molecule has 1 aromatic rings. The van der Waals surface area contributed by atoms with Gasteiger partial charge in [-0.3, -0.25) is 9.69 Å². The predicted octanol–water partition coefficient (Wildman–Crippen LogP) is 1.10. The Kier molecular flexibility index (Phi) is 3.64. The fourth-order valence-electron chi connectivity index (χ4n) is 2.27. The van der Waals surface area contributed by atoms with Gasteiger partial charge in [0, 0.05) is 38.2 Å². The average molecular weight is 234 g/mol. The van der Waals surface area contributed by atoms with Crippen LogP contribution in [0.1, 0.15) is 18.9 Å². The normalized spacial score (nSPS) is 20.4. The Balaban J connectivity index is 1.90. The fraction of sp³-hybridized carbons (Fsp3) is 0.462. The molecule has 1 aliphatic rings. The van der Waals surface area contributed by atoms with Crippen LogP contribution in [0.25, 0.3) is 0 Å². The van der Waals surface area contributed by atoms with Crippen molar-refractivity contribution < 1.29 is 9.90 Å². The van der Waals surface area contributed by atoms with Crippen molar-refractivity contribution in [3.05, 3.63) is 29.8 Å². The molecule has 4 nitrogen and oxygen atoms in total. The first kappa shape index (κ1) is 11.9. The van der Waals surface area contributed by atoms with Crippen LogP contribution in [0.15, 0.2) is 24.3 Å². The van der Waals surface area contributed by atoms with Gasteiger partial charge in [0.1, 0.15) is 5.75 Å². The highest BCUT2D eigenvalue weighted by Gasteiger charge is 2.23. The van der Waals surface area contributed by atoms with Crippen molar-refractivity contribution in [3.63, 3.8) is 0 Å². The van der Waals surface area contributed by atoms with Crippen LogP contribution < -0.4 is 5.32 Å². The van der Waals surface area contributed by atoms with Gasteiger partial charge in [-0.15, -0.1) is 0 Å². The van der Waals surface area contributed by atoms with Crippen molar-refractivity contribution in [2.75, 3.05) is 13.1 Å². The molecular formula is C13H18N2O2. The number of nitrogens with zero attached hydrogens (tertiary/aromatic N) is 1. The van der Waals surface area contributed by atoms with Crippen LogP contribution in [0.5, 0.6) is 5.75 Å². The van der Waals surface area contributed by atoms with E-state index in [1.54, 1.807) is 13.0 Å². The van der Waals surface area contributed by atoms with Gasteiger partial charge in [0.25, 0.3) is 0 Å². The number of likely N-dealkylation sites (tertiary alicyclic amines) is 1. The molecule has 1 unspecified atom stereocenters. The fourth-order valence-corrected chi connectivity index (χ4v) is 2.27. The van der Waals surface area contributed by atoms with E-state index in [0.717, 1.165) is 31.6 Å². The number of hydrogen-bond acceptors (Lipinski definition) is 3. The molecule has 92 valence electrons. The molecule has 17 heavy (non-hydrogen) atoms. The minimum atomic E-state index is 0.0272. The minimum Gasteiger partial charge on any atom is -0.508 e. The number of hydrogen-bond donors (Lipinski definition) is 2. The summed E-state index contributed by atoms with van der Waals surface area (Å²) < 4.78 is 0. The summed E-state index contributed by atoms with van der Waals surface area (Å²) in [5.74, 6) is 0.370. The van der Waals surface area contributed by atoms with Gasteiger partial charge in [0.15, 0.2) is 0 Å². The third-order valence-electron chi connectivity index (χ3n) is 3.07. The minimum absolute atomic E-state index is 0.0272. The van der Waals surface area contributed by atoms with Crippen molar-refractivity contribution in [2.45, 2.75) is 25.9 Å². The summed E-state index contributed by atoms with van der Waals surface area (Å²) in [6, 6.07) is 7.63. The maximum atomic E-state index is 10.9. The summed E-state index contributed by atoms with van der Waals surface area (Å²) in [4.78, 5) is 13.2. The van der Waals surface area contributed by atoms with Gasteiger partial charge < -0.3 is 10.4 Å². The van der Waals surface area contributed by atoms with Gasteiger partial charge in [-0.2, -0.15) is 0 Å². The van der Waals surface area contributed by atoms with Crippen molar-refractivity contribution in [2.24, 2.45) is 0 Å². The Morgan fingerprint density at radius 2 is 2.29 bits per heavy atom. The number of carbonyl (C=O) groups is 1. The number of carbonyl (C=O) groups excluding carboxylic acids is 1. The lowest BCUT2D eigenvalue weighted by Crippen LogP contribution is -2.35. The molecule has 0 spiro atoms. The summed E-state index contributed by atoms with van der Waals surface area (Å²) in [6.45, 7) is 4.10. The highest BCUT2D eigenvalue weighted by atomic mass is 16.3. The van der Waals surface area contributed by atoms with Gasteiger partial charge >= 0.3 is 0 Å². The molecule has 1 aromatic carbocycles. The molecule has 0 aromatic heterocycles. The zero-order valence-electron chi connectivity index (χ0n) is 10.0. The molecule has 1 atom stereocenters. The summed E-state index contributed by atoms with van der Waals surface area (Å²) in [5, 5.41) is 12.6. The summed E-state index contributed by atoms with van der Waals surface area (Å²) in [6.07, 6.45) is 0.979. The number of rotatable bonds is 3. The van der Waals surface area contributed by atoms with Gasteiger partial charge in [-0.05, 0) is 12.5 Å². The number of phenolic OH excluding ortho intramolecular Hbond substituents is 1. The lowest BCUT2D eigenvalue weighted by atomic mass is 10.2. The van der Waals surface area contributed by atoms with E-state index in [0.29, 0.717) is 5.75 Å². The molecule has 1 aliphatic heterocycles. The maximum absolute atomic E-state index is 10.9. The van der Waals surface area contributed by atoms with Gasteiger partial charge in [-0.1, -0.05) is 18.2 Å². The molecule has 0 radical (unpaired) electrons. The van der Waals surface area contributed by atoms with E-state index in [4.69, 9.17) is 0 Å². The monoisotopic (exact) mass is 234 g/mol. The van der Waals surface area contributed by atoms with Crippen molar-refractivity contribution in [1.29, 1.82) is 0 Å². The van der Waals surface area contributed by atoms with Crippen molar-refractivity contribution in [3.8, 4) is 5.75 Å². The number of aromatic hydroxyl groups is 1. The topological polar surface area (TPSA) is 52.6 Å². The smallest absolute Gasteiger partial charge is 0.217 e. The van der Waals surface area contributed by atoms with Crippen LogP contribution >= 0.6 is 0 Å². The summed E-state index contributed by atoms with van der Waals surface area (Å²) >= 11 is 0. The first-order chi connectivity index (χ1) is 8.15. The van der Waals surface area contributed by atoms with Crippen molar-refractivity contribution in [1.82, 2.24) is 10.2 Å². The van der Waals surface area contributed by atoms with E-state index < -0.39 is 0 Å². The zero-order valence-corrected chi connectivity index (χ0v) is 10.0. The molecular weight excluding hydrogens is 216 g/mol. The van der Waals surface area contributed by atoms with E-state index in [1.165, 1.54) is 0 Å². The summed E-state index contributed by atoms with van der Waals surface area (Å²) in [7, 11) is 0. The molecule has 1 fully saturated rings. The third-order valence-corrected chi connectivity index (χ3v) is 3.07. The van der Waals surface area contributed by atoms with Gasteiger partial charge in [0.05, 0.1) is 0 Å². The van der Waals surface area contributed by atoms with E-state index in [2.05, 4.69) is 10.2 Å². The third kappa shape index (κ3) is 3.20. The second-order valence-electron chi connectivity index (χ2n) is 4.55. The first-order valence-electron chi connectivity index (χ1n) is 5.91. The van der Waals surface area contributed by atoms with Crippen molar-refractivity contribution >= 4 is 5.91 Å². The molecule has 0 saturated carbocycles. The Morgan fingerprint density at radius 3 is 3.00 bits per heavy atom. The second-order valence-corrected chi connectivity index (χ2v) is 4.55. The van der Waals surface area contributed by atoms with Crippen LogP contribution in [0.4, 0.5) is 0 Å². The van der Waals surface area contributed by atoms with Crippen LogP contribution in [0.3, 0.4) is 0 Å². The average Bonchev–Trinajstić information content (AvgIpc) is 2.68. The summed E-state index contributed by atoms with van der Waals surface area (Å²) in [5.41, 5.74) is 0.941. The zero-order chi connectivity index (χ0) is 12.3. The van der Waals surface area contributed by atoms with Crippen LogP contribution in [0, 0.1) is 0 Å². The molecule has 2 rings (SSSR count). The van der Waals surface area contributed by atoms with E-state index >= 15 is 0 Å². The first-order valence-corrected chi connectivity index (χ1v) is 5.91. The van der Waals surface area contributed by atoms with E-state index in [1.807, 2.05) is 18.2 Å². The molecule has 2 N–H and O–H groups in total. The quantitative estimate of drug-likeness (QED) is 0.823. The lowest BCUT2D eigenvalue weighted by Gasteiger charge is -2.16. The molecule has 1 heterocycles. The van der Waals surface area contributed by atoms with E-state index in [9.17, 15) is 9.90 Å². The number of phenols is 1. The van der Waals surface area contributed by atoms with Gasteiger partial charge in [-0.25, -0.2) is 0 Å². The Hall–Kier alpha value is -1.55. The SMILES string of the molecule is CC(=O)NC1CCN(Cc2ccccc2O)C1. The Morgan fingerprint density at radius 1 is 1.53 bits per heavy atom. The number of benzene rings is 1. The Labute approximate surface area is 101 Å². The maximum Gasteiger partial charge on any atom is 0.217 e. The molecule has 0 bridgehead atoms. The molecule has 4 heteroatoms. The molecule has 0 aliphatic carbocycles. The number of amides is 1. The van der Waals surface area contributed by atoms with Crippen LogP contribution in [-0.2, 0) is 11.3 Å². The highest BCUT2D eigenvalue weighted by molar-refractivity contribution is 5.73. The highest BCUT2D eigenvalue weighted by Crippen LogP contribution is 2.20. The second kappa shape index (κ2) is 5.19. The predicted molar refractivity (Wildman–Crippen MR) is 65.6 cm³/mol. The Bertz CT molecular complexity index is 406. The molecule has 1 amide bonds. The number of para-hydroxylation sites is 1. The van der Waals surface area contributed by atoms with Crippen LogP contribution in [0.2, 0.25) is 0 Å².